The summed E-state index contributed by atoms with van der Waals surface area (Å²) in [4.78, 5) is 10.1. The van der Waals surface area contributed by atoms with E-state index in [0.717, 1.165) is 0 Å². The second-order valence-corrected chi connectivity index (χ2v) is 2.16. The molecule has 0 radical (unpaired) electrons. The van der Waals surface area contributed by atoms with Crippen molar-refractivity contribution in [2.45, 2.75) is 6.23 Å². The summed E-state index contributed by atoms with van der Waals surface area (Å²) in [6.07, 6.45) is 0.255. The van der Waals surface area contributed by atoms with Crippen LogP contribution in [0.25, 0.3) is 0 Å². The third kappa shape index (κ3) is 0.838. The number of imidazole rings is 1. The number of rotatable bonds is 0. The molecule has 1 aromatic rings. The third-order valence-corrected chi connectivity index (χ3v) is 1.42. The minimum atomic E-state index is -1.17. The van der Waals surface area contributed by atoms with E-state index < -0.39 is 6.23 Å². The molecule has 0 aromatic carbocycles. The van der Waals surface area contributed by atoms with Crippen molar-refractivity contribution in [2.24, 2.45) is 10.7 Å². The highest BCUT2D eigenvalue weighted by Gasteiger charge is 2.13. The normalized spacial score (nSPS) is 21.9. The van der Waals surface area contributed by atoms with E-state index >= 15 is 0 Å². The van der Waals surface area contributed by atoms with Crippen molar-refractivity contribution in [2.75, 3.05) is 5.32 Å². The van der Waals surface area contributed by atoms with Crippen LogP contribution in [0.2, 0.25) is 0 Å². The van der Waals surface area contributed by atoms with E-state index in [0.29, 0.717) is 11.5 Å². The Hall–Kier alpha value is -1.56. The Labute approximate surface area is 62.2 Å². The van der Waals surface area contributed by atoms with Crippen LogP contribution in [0.3, 0.4) is 0 Å². The number of aromatic nitrogens is 2. The largest absolute Gasteiger partial charge is 0.830 e. The Kier molecular flexibility index (Phi) is 1.10. The van der Waals surface area contributed by atoms with Gasteiger partial charge in [-0.05, 0) is 0 Å². The molecule has 0 aliphatic carbocycles. The first-order chi connectivity index (χ1) is 5.27. The summed E-state index contributed by atoms with van der Waals surface area (Å²) < 4.78 is 0. The molecule has 0 spiro atoms. The van der Waals surface area contributed by atoms with E-state index in [1.54, 1.807) is 0 Å². The number of aromatic amines is 1. The monoisotopic (exact) mass is 152 g/mol. The van der Waals surface area contributed by atoms with Crippen LogP contribution in [0.4, 0.5) is 5.82 Å². The van der Waals surface area contributed by atoms with Gasteiger partial charge in [0, 0.05) is 6.23 Å². The summed E-state index contributed by atoms with van der Waals surface area (Å²) in [5, 5.41) is 13.7. The molecule has 1 unspecified atom stereocenters. The lowest BCUT2D eigenvalue weighted by molar-refractivity contribution is -0.424. The van der Waals surface area contributed by atoms with Crippen molar-refractivity contribution in [1.29, 1.82) is 0 Å². The molecule has 1 aliphatic rings. The zero-order valence-corrected chi connectivity index (χ0v) is 5.53. The molecule has 11 heavy (non-hydrogen) atoms. The van der Waals surface area contributed by atoms with Crippen LogP contribution in [0.15, 0.2) is 11.3 Å². The predicted molar refractivity (Wildman–Crippen MR) is 36.6 cm³/mol. The first-order valence-electron chi connectivity index (χ1n) is 3.07. The van der Waals surface area contributed by atoms with Gasteiger partial charge in [0.2, 0.25) is 0 Å². The van der Waals surface area contributed by atoms with Crippen LogP contribution in [0, 0.1) is 0 Å². The Morgan fingerprint density at radius 3 is 3.27 bits per heavy atom. The summed E-state index contributed by atoms with van der Waals surface area (Å²) in [5.41, 5.74) is 5.71. The molecule has 58 valence electrons. The summed E-state index contributed by atoms with van der Waals surface area (Å²) in [5.74, 6) is 0.585. The van der Waals surface area contributed by atoms with Crippen molar-refractivity contribution < 1.29 is 5.11 Å². The molecule has 4 N–H and O–H groups in total. The molecular formula is C5H6N5O-. The highest BCUT2D eigenvalue weighted by Crippen LogP contribution is 2.20. The zero-order valence-electron chi connectivity index (χ0n) is 5.53. The van der Waals surface area contributed by atoms with Gasteiger partial charge in [-0.1, -0.05) is 0 Å². The number of nitrogens with zero attached hydrogens (tertiary/aromatic N) is 2. The highest BCUT2D eigenvalue weighted by molar-refractivity contribution is 5.93. The van der Waals surface area contributed by atoms with Crippen molar-refractivity contribution in [1.82, 2.24) is 9.97 Å². The summed E-state index contributed by atoms with van der Waals surface area (Å²) in [6.45, 7) is 0. The second kappa shape index (κ2) is 1.96. The maximum absolute atomic E-state index is 11.1. The Morgan fingerprint density at radius 1 is 1.64 bits per heavy atom. The first kappa shape index (κ1) is 6.17. The topological polar surface area (TPSA) is 102 Å². The van der Waals surface area contributed by atoms with Gasteiger partial charge in [0.05, 0.1) is 12.0 Å². The number of nitrogens with two attached hydrogens (primary N) is 1. The Morgan fingerprint density at radius 2 is 2.45 bits per heavy atom. The minimum absolute atomic E-state index is 0.115. The van der Waals surface area contributed by atoms with Crippen molar-refractivity contribution >= 4 is 11.8 Å². The summed E-state index contributed by atoms with van der Waals surface area (Å²) in [7, 11) is 0. The van der Waals surface area contributed by atoms with E-state index in [4.69, 9.17) is 5.73 Å². The van der Waals surface area contributed by atoms with Gasteiger partial charge in [0.15, 0.2) is 11.8 Å². The van der Waals surface area contributed by atoms with E-state index in [1.807, 2.05) is 0 Å². The van der Waals surface area contributed by atoms with Crippen LogP contribution in [-0.2, 0) is 0 Å². The molecular weight excluding hydrogens is 146 g/mol. The average Bonchev–Trinajstić information content (AvgIpc) is 2.34. The van der Waals surface area contributed by atoms with E-state index in [9.17, 15) is 5.11 Å². The number of hydrogen-bond acceptors (Lipinski definition) is 5. The van der Waals surface area contributed by atoms with Crippen molar-refractivity contribution in [3.63, 3.8) is 0 Å². The number of hydrogen-bond donors (Lipinski definition) is 3. The molecule has 0 fully saturated rings. The molecule has 6 nitrogen and oxygen atoms in total. The third-order valence-electron chi connectivity index (χ3n) is 1.42. The lowest BCUT2D eigenvalue weighted by Crippen LogP contribution is -2.31. The fourth-order valence-electron chi connectivity index (χ4n) is 0.937. The molecule has 0 bridgehead atoms. The fourth-order valence-corrected chi connectivity index (χ4v) is 0.937. The molecule has 2 rings (SSSR count). The van der Waals surface area contributed by atoms with E-state index in [1.165, 1.54) is 6.33 Å². The number of anilines is 1. The predicted octanol–water partition coefficient (Wildman–Crippen LogP) is -1.49. The molecule has 6 heteroatoms. The molecule has 1 aliphatic heterocycles. The van der Waals surface area contributed by atoms with E-state index in [2.05, 4.69) is 20.3 Å². The lowest BCUT2D eigenvalue weighted by atomic mass is 10.3. The summed E-state index contributed by atoms with van der Waals surface area (Å²) in [6, 6.07) is 0. The van der Waals surface area contributed by atoms with Crippen LogP contribution >= 0.6 is 0 Å². The highest BCUT2D eigenvalue weighted by atomic mass is 16.3. The van der Waals surface area contributed by atoms with Gasteiger partial charge < -0.3 is 21.1 Å². The second-order valence-electron chi connectivity index (χ2n) is 2.16. The smallest absolute Gasteiger partial charge is 0.193 e. The van der Waals surface area contributed by atoms with Gasteiger partial charge >= 0.3 is 0 Å². The minimum Gasteiger partial charge on any atom is -0.830 e. The Balaban J connectivity index is 2.45. The molecule has 0 amide bonds. The van der Waals surface area contributed by atoms with Gasteiger partial charge in [-0.25, -0.2) is 4.98 Å². The summed E-state index contributed by atoms with van der Waals surface area (Å²) >= 11 is 0. The SMILES string of the molecule is NC1=NC([O-])c2[nH]cnc2N1. The number of H-pyrrole nitrogens is 1. The molecule has 0 saturated heterocycles. The van der Waals surface area contributed by atoms with E-state index in [-0.39, 0.29) is 5.96 Å². The Bertz CT molecular complexity index is 304. The van der Waals surface area contributed by atoms with Crippen LogP contribution < -0.4 is 16.2 Å². The van der Waals surface area contributed by atoms with Crippen LogP contribution in [-0.4, -0.2) is 15.9 Å². The maximum atomic E-state index is 11.1. The number of fused-ring (bicyclic) bond motifs is 1. The van der Waals surface area contributed by atoms with Crippen LogP contribution in [0.1, 0.15) is 11.9 Å². The fraction of sp³-hybridized carbons (Fsp3) is 0.200. The number of aliphatic imine (C=N–C) groups is 1. The van der Waals surface area contributed by atoms with Gasteiger partial charge in [-0.15, -0.1) is 0 Å². The van der Waals surface area contributed by atoms with Crippen molar-refractivity contribution in [3.05, 3.63) is 12.0 Å². The number of guanidine groups is 1. The molecule has 0 saturated carbocycles. The maximum Gasteiger partial charge on any atom is 0.193 e. The van der Waals surface area contributed by atoms with Gasteiger partial charge in [0.25, 0.3) is 0 Å². The van der Waals surface area contributed by atoms with Crippen LogP contribution in [0.5, 0.6) is 0 Å². The van der Waals surface area contributed by atoms with Gasteiger partial charge in [0.1, 0.15) is 0 Å². The molecule has 1 aromatic heterocycles. The molecule has 2 heterocycles. The lowest BCUT2D eigenvalue weighted by Gasteiger charge is -2.22. The number of nitrogens with one attached hydrogen (secondary N) is 2. The average molecular weight is 152 g/mol. The van der Waals surface area contributed by atoms with Crippen molar-refractivity contribution in [3.8, 4) is 0 Å². The van der Waals surface area contributed by atoms with Gasteiger partial charge in [-0.2, -0.15) is 0 Å². The standard InChI is InChI=1S/C5H6N5O/c6-5-9-3-2(4(11)10-5)7-1-8-3/h1,4H,(H,7,8)(H3,6,9,10)/q-1. The van der Waals surface area contributed by atoms with Gasteiger partial charge in [-0.3, -0.25) is 4.99 Å². The molecule has 1 atom stereocenters. The quantitative estimate of drug-likeness (QED) is 0.421. The first-order valence-corrected chi connectivity index (χ1v) is 3.07. The zero-order chi connectivity index (χ0) is 7.84.